The molecule has 1 fully saturated rings. The number of rotatable bonds is 4. The molecule has 2 aliphatic rings. The maximum Gasteiger partial charge on any atom is 0.335 e. The van der Waals surface area contributed by atoms with Crippen LogP contribution >= 0.6 is 0 Å². The van der Waals surface area contributed by atoms with E-state index in [-0.39, 0.29) is 23.4 Å². The van der Waals surface area contributed by atoms with Crippen molar-refractivity contribution in [3.05, 3.63) is 51.8 Å². The molecule has 30 heavy (non-hydrogen) atoms. The average Bonchev–Trinajstić information content (AvgIpc) is 3.17. The lowest BCUT2D eigenvalue weighted by Crippen LogP contribution is -2.45. The molecule has 0 spiro atoms. The fraction of sp³-hybridized carbons (Fsp3) is 0.318. The second-order valence-corrected chi connectivity index (χ2v) is 7.76. The highest BCUT2D eigenvalue weighted by molar-refractivity contribution is 6.35. The van der Waals surface area contributed by atoms with Gasteiger partial charge in [-0.1, -0.05) is 0 Å². The Labute approximate surface area is 173 Å². The van der Waals surface area contributed by atoms with Gasteiger partial charge in [0.05, 0.1) is 16.7 Å². The third-order valence-corrected chi connectivity index (χ3v) is 5.67. The Morgan fingerprint density at radius 1 is 1.27 bits per heavy atom. The number of piperidine rings is 1. The topological polar surface area (TPSA) is 123 Å². The smallest absolute Gasteiger partial charge is 0.335 e. The Kier molecular flexibility index (Phi) is 5.17. The van der Waals surface area contributed by atoms with Crippen LogP contribution < -0.4 is 16.0 Å². The number of hydrogen-bond donors (Lipinski definition) is 5. The molecule has 8 heteroatoms. The molecule has 0 aliphatic carbocycles. The van der Waals surface area contributed by atoms with E-state index >= 15 is 0 Å². The van der Waals surface area contributed by atoms with Crippen LogP contribution in [0.2, 0.25) is 0 Å². The zero-order chi connectivity index (χ0) is 21.4. The van der Waals surface area contributed by atoms with Crippen molar-refractivity contribution in [3.8, 4) is 0 Å². The summed E-state index contributed by atoms with van der Waals surface area (Å²) in [6, 6.07) is 4.62. The van der Waals surface area contributed by atoms with Crippen molar-refractivity contribution in [2.45, 2.75) is 32.7 Å². The summed E-state index contributed by atoms with van der Waals surface area (Å²) in [6.45, 7) is 5.40. The molecule has 2 aromatic rings. The molecule has 0 radical (unpaired) electrons. The standard InChI is InChI=1S/C22H24N4O4/c1-11-18(24-12(2)19(11)21(28)25-14-4-3-7-23-10-14)9-16-15-8-13(22(29)30)5-6-17(15)26-20(16)27/h5-6,8-9,14,23-24H,3-4,7,10H2,1-2H3,(H,25,28)(H,26,27)(H,29,30)/b16-9-/t14-/m1/s1. The van der Waals surface area contributed by atoms with E-state index in [0.717, 1.165) is 37.2 Å². The molecule has 8 nitrogen and oxygen atoms in total. The van der Waals surface area contributed by atoms with E-state index < -0.39 is 5.97 Å². The normalized spacial score (nSPS) is 19.5. The summed E-state index contributed by atoms with van der Waals surface area (Å²) < 4.78 is 0. The molecular formula is C22H24N4O4. The minimum Gasteiger partial charge on any atom is -0.478 e. The monoisotopic (exact) mass is 408 g/mol. The Balaban J connectivity index is 1.66. The Morgan fingerprint density at radius 2 is 2.07 bits per heavy atom. The molecule has 3 heterocycles. The number of aromatic amines is 1. The lowest BCUT2D eigenvalue weighted by Gasteiger charge is -2.23. The summed E-state index contributed by atoms with van der Waals surface area (Å²) in [7, 11) is 0. The quantitative estimate of drug-likeness (QED) is 0.497. The third kappa shape index (κ3) is 3.61. The number of aryl methyl sites for hydroxylation is 1. The zero-order valence-corrected chi connectivity index (χ0v) is 16.9. The van der Waals surface area contributed by atoms with Gasteiger partial charge in [-0.05, 0) is 63.1 Å². The van der Waals surface area contributed by atoms with E-state index in [1.807, 2.05) is 13.8 Å². The maximum atomic E-state index is 12.9. The van der Waals surface area contributed by atoms with Crippen LogP contribution in [0.25, 0.3) is 11.6 Å². The first-order valence-electron chi connectivity index (χ1n) is 9.96. The number of carboxylic acids is 1. The van der Waals surface area contributed by atoms with E-state index in [0.29, 0.717) is 28.1 Å². The summed E-state index contributed by atoms with van der Waals surface area (Å²) in [4.78, 5) is 39.9. The average molecular weight is 408 g/mol. The molecule has 2 aliphatic heterocycles. The number of nitrogens with one attached hydrogen (secondary N) is 4. The van der Waals surface area contributed by atoms with Gasteiger partial charge in [0.1, 0.15) is 0 Å². The highest BCUT2D eigenvalue weighted by Gasteiger charge is 2.27. The van der Waals surface area contributed by atoms with E-state index in [4.69, 9.17) is 0 Å². The van der Waals surface area contributed by atoms with Gasteiger partial charge in [0, 0.05) is 35.2 Å². The van der Waals surface area contributed by atoms with Crippen LogP contribution in [-0.4, -0.2) is 47.0 Å². The number of amides is 2. The number of fused-ring (bicyclic) bond motifs is 1. The number of aromatic nitrogens is 1. The number of carbonyl (C=O) groups is 3. The maximum absolute atomic E-state index is 12.9. The van der Waals surface area contributed by atoms with Gasteiger partial charge in [0.15, 0.2) is 0 Å². The molecule has 5 N–H and O–H groups in total. The zero-order valence-electron chi connectivity index (χ0n) is 16.9. The molecule has 1 aromatic heterocycles. The fourth-order valence-electron chi connectivity index (χ4n) is 4.10. The number of hydrogen-bond acceptors (Lipinski definition) is 4. The van der Waals surface area contributed by atoms with Crippen LogP contribution in [0.1, 0.15) is 56.1 Å². The molecule has 1 atom stereocenters. The van der Waals surface area contributed by atoms with Crippen molar-refractivity contribution in [1.29, 1.82) is 0 Å². The largest absolute Gasteiger partial charge is 0.478 e. The Bertz CT molecular complexity index is 1080. The lowest BCUT2D eigenvalue weighted by molar-refractivity contribution is -0.110. The van der Waals surface area contributed by atoms with Gasteiger partial charge in [0.25, 0.3) is 11.8 Å². The van der Waals surface area contributed by atoms with Gasteiger partial charge in [-0.15, -0.1) is 0 Å². The van der Waals surface area contributed by atoms with E-state index in [1.165, 1.54) is 12.1 Å². The van der Waals surface area contributed by atoms with Crippen molar-refractivity contribution < 1.29 is 19.5 Å². The van der Waals surface area contributed by atoms with Crippen LogP contribution in [0.4, 0.5) is 5.69 Å². The lowest BCUT2D eigenvalue weighted by atomic mass is 10.0. The summed E-state index contributed by atoms with van der Waals surface area (Å²) in [5.41, 5.74) is 4.27. The second kappa shape index (κ2) is 7.79. The highest BCUT2D eigenvalue weighted by atomic mass is 16.4. The number of carboxylic acid groups (broad SMARTS) is 1. The van der Waals surface area contributed by atoms with Crippen molar-refractivity contribution in [2.24, 2.45) is 0 Å². The minimum absolute atomic E-state index is 0.101. The molecule has 0 saturated carbocycles. The Morgan fingerprint density at radius 3 is 2.77 bits per heavy atom. The van der Waals surface area contributed by atoms with Crippen LogP contribution in [0, 0.1) is 13.8 Å². The van der Waals surface area contributed by atoms with Crippen molar-refractivity contribution in [2.75, 3.05) is 18.4 Å². The molecule has 0 bridgehead atoms. The van der Waals surface area contributed by atoms with Crippen LogP contribution in [0.3, 0.4) is 0 Å². The molecule has 4 rings (SSSR count). The first kappa shape index (κ1) is 19.9. The van der Waals surface area contributed by atoms with Gasteiger partial charge in [-0.2, -0.15) is 0 Å². The molecular weight excluding hydrogens is 384 g/mol. The number of aromatic carboxylic acids is 1. The van der Waals surface area contributed by atoms with E-state index in [9.17, 15) is 19.5 Å². The van der Waals surface area contributed by atoms with Gasteiger partial charge in [0.2, 0.25) is 0 Å². The van der Waals surface area contributed by atoms with Crippen molar-refractivity contribution in [3.63, 3.8) is 0 Å². The number of carbonyl (C=O) groups excluding carboxylic acids is 2. The van der Waals surface area contributed by atoms with Gasteiger partial charge >= 0.3 is 5.97 Å². The Hall–Kier alpha value is -3.39. The van der Waals surface area contributed by atoms with Crippen LogP contribution in [0.5, 0.6) is 0 Å². The third-order valence-electron chi connectivity index (χ3n) is 5.67. The fourth-order valence-corrected chi connectivity index (χ4v) is 4.10. The van der Waals surface area contributed by atoms with Crippen LogP contribution in [0.15, 0.2) is 18.2 Å². The van der Waals surface area contributed by atoms with Crippen molar-refractivity contribution in [1.82, 2.24) is 15.6 Å². The molecule has 1 aromatic carbocycles. The first-order chi connectivity index (χ1) is 14.3. The predicted octanol–water partition coefficient (Wildman–Crippen LogP) is 2.30. The highest BCUT2D eigenvalue weighted by Crippen LogP contribution is 2.34. The second-order valence-electron chi connectivity index (χ2n) is 7.76. The van der Waals surface area contributed by atoms with Gasteiger partial charge < -0.3 is 26.0 Å². The van der Waals surface area contributed by atoms with Crippen LogP contribution in [-0.2, 0) is 4.79 Å². The SMILES string of the molecule is Cc1[nH]c(/C=C2\C(=O)Nc3ccc(C(=O)O)cc32)c(C)c1C(=O)N[C@@H]1CCCNC1. The van der Waals surface area contributed by atoms with Crippen molar-refractivity contribution >= 4 is 35.1 Å². The summed E-state index contributed by atoms with van der Waals surface area (Å²) in [6.07, 6.45) is 3.65. The van der Waals surface area contributed by atoms with E-state index in [2.05, 4.69) is 20.9 Å². The predicted molar refractivity (Wildman–Crippen MR) is 114 cm³/mol. The van der Waals surface area contributed by atoms with Gasteiger partial charge in [-0.25, -0.2) is 4.79 Å². The minimum atomic E-state index is -1.06. The number of benzene rings is 1. The van der Waals surface area contributed by atoms with Gasteiger partial charge in [-0.3, -0.25) is 9.59 Å². The van der Waals surface area contributed by atoms with E-state index in [1.54, 1.807) is 12.1 Å². The summed E-state index contributed by atoms with van der Waals surface area (Å²) in [5.74, 6) is -1.50. The first-order valence-corrected chi connectivity index (χ1v) is 9.96. The molecule has 156 valence electrons. The number of H-pyrrole nitrogens is 1. The summed E-state index contributed by atoms with van der Waals surface area (Å²) >= 11 is 0. The molecule has 0 unspecified atom stereocenters. The molecule has 1 saturated heterocycles. The molecule has 2 amide bonds. The summed E-state index contributed by atoms with van der Waals surface area (Å²) in [5, 5.41) is 18.4. The number of anilines is 1.